The average Bonchev–Trinajstić information content (AvgIpc) is 2.38. The van der Waals surface area contributed by atoms with E-state index in [1.807, 2.05) is 0 Å². The molecule has 0 radical (unpaired) electrons. The minimum atomic E-state index is -4.39. The van der Waals surface area contributed by atoms with Crippen molar-refractivity contribution < 1.29 is 17.9 Å². The van der Waals surface area contributed by atoms with E-state index < -0.39 is 11.7 Å². The van der Waals surface area contributed by atoms with Crippen LogP contribution in [-0.2, 0) is 12.6 Å². The van der Waals surface area contributed by atoms with E-state index in [0.29, 0.717) is 6.42 Å². The van der Waals surface area contributed by atoms with Gasteiger partial charge in [0.15, 0.2) is 0 Å². The van der Waals surface area contributed by atoms with Gasteiger partial charge in [-0.15, -0.1) is 0 Å². The zero-order valence-electron chi connectivity index (χ0n) is 11.2. The molecule has 0 spiro atoms. The number of methoxy groups -OCH3 is 1. The Hall–Kier alpha value is -0.940. The summed E-state index contributed by atoms with van der Waals surface area (Å²) in [6, 6.07) is 2.38. The van der Waals surface area contributed by atoms with Crippen molar-refractivity contribution in [1.82, 2.24) is 5.32 Å². The Bertz CT molecular complexity index is 470. The van der Waals surface area contributed by atoms with E-state index in [1.54, 1.807) is 0 Å². The number of alkyl halides is 3. The van der Waals surface area contributed by atoms with E-state index in [4.69, 9.17) is 16.3 Å². The van der Waals surface area contributed by atoms with Gasteiger partial charge in [0.1, 0.15) is 5.75 Å². The minimum absolute atomic E-state index is 0.0597. The van der Waals surface area contributed by atoms with Crippen molar-refractivity contribution in [3.63, 3.8) is 0 Å². The Balaban J connectivity index is 2.32. The lowest BCUT2D eigenvalue weighted by molar-refractivity contribution is -0.138. The number of ether oxygens (including phenoxy) is 1. The standard InChI is InChI=1S/C14H17ClF3NO/c1-20-13-7-11(14(16,17)18)10(6-12(13)15)5-9-3-2-4-19-8-9/h6-7,9,19H,2-5,8H2,1H3. The molecule has 2 nitrogen and oxygen atoms in total. The summed E-state index contributed by atoms with van der Waals surface area (Å²) in [6.07, 6.45) is -2.08. The van der Waals surface area contributed by atoms with Gasteiger partial charge in [0.25, 0.3) is 0 Å². The zero-order chi connectivity index (χ0) is 14.8. The zero-order valence-corrected chi connectivity index (χ0v) is 11.9. The maximum Gasteiger partial charge on any atom is 0.416 e. The summed E-state index contributed by atoms with van der Waals surface area (Å²) in [5.74, 6) is 0.277. The third kappa shape index (κ3) is 3.58. The molecule has 1 unspecified atom stereocenters. The van der Waals surface area contributed by atoms with Crippen LogP contribution >= 0.6 is 11.6 Å². The largest absolute Gasteiger partial charge is 0.495 e. The molecule has 112 valence electrons. The average molecular weight is 308 g/mol. The second-order valence-electron chi connectivity index (χ2n) is 5.06. The van der Waals surface area contributed by atoms with Crippen LogP contribution in [0.25, 0.3) is 0 Å². The fourth-order valence-electron chi connectivity index (χ4n) is 2.59. The van der Waals surface area contributed by atoms with Crippen LogP contribution in [0, 0.1) is 5.92 Å². The normalized spacial score (nSPS) is 19.9. The Morgan fingerprint density at radius 1 is 1.40 bits per heavy atom. The van der Waals surface area contributed by atoms with E-state index in [1.165, 1.54) is 13.2 Å². The Labute approximate surface area is 121 Å². The molecule has 1 aromatic carbocycles. The number of piperidine rings is 1. The van der Waals surface area contributed by atoms with Crippen molar-refractivity contribution in [3.8, 4) is 5.75 Å². The molecule has 1 aromatic rings. The summed E-state index contributed by atoms with van der Waals surface area (Å²) in [4.78, 5) is 0. The summed E-state index contributed by atoms with van der Waals surface area (Å²) < 4.78 is 44.3. The summed E-state index contributed by atoms with van der Waals surface area (Å²) in [6.45, 7) is 1.69. The monoisotopic (exact) mass is 307 g/mol. The quantitative estimate of drug-likeness (QED) is 0.914. The van der Waals surface area contributed by atoms with Gasteiger partial charge in [-0.25, -0.2) is 0 Å². The van der Waals surface area contributed by atoms with Gasteiger partial charge in [0.2, 0.25) is 0 Å². The van der Waals surface area contributed by atoms with Gasteiger partial charge < -0.3 is 10.1 Å². The molecule has 0 amide bonds. The molecule has 0 aliphatic carbocycles. The predicted molar refractivity (Wildman–Crippen MR) is 72.3 cm³/mol. The molecule has 1 aliphatic rings. The lowest BCUT2D eigenvalue weighted by Crippen LogP contribution is -2.31. The summed E-state index contributed by atoms with van der Waals surface area (Å²) in [5, 5.41) is 3.43. The maximum absolute atomic E-state index is 13.1. The molecule has 1 N–H and O–H groups in total. The number of rotatable bonds is 3. The molecule has 2 rings (SSSR count). The van der Waals surface area contributed by atoms with Gasteiger partial charge in [0.05, 0.1) is 17.7 Å². The smallest absolute Gasteiger partial charge is 0.416 e. The van der Waals surface area contributed by atoms with Crippen molar-refractivity contribution in [2.24, 2.45) is 5.92 Å². The van der Waals surface area contributed by atoms with Crippen LogP contribution in [0.3, 0.4) is 0 Å². The highest BCUT2D eigenvalue weighted by atomic mass is 35.5. The summed E-state index contributed by atoms with van der Waals surface area (Å²) in [5.41, 5.74) is -0.402. The van der Waals surface area contributed by atoms with Crippen LogP contribution in [0.2, 0.25) is 5.02 Å². The highest BCUT2D eigenvalue weighted by molar-refractivity contribution is 6.32. The summed E-state index contributed by atoms with van der Waals surface area (Å²) in [7, 11) is 1.31. The SMILES string of the molecule is COc1cc(C(F)(F)F)c(CC2CCCNC2)cc1Cl. The van der Waals surface area contributed by atoms with E-state index in [0.717, 1.165) is 32.0 Å². The van der Waals surface area contributed by atoms with Crippen LogP contribution in [0.5, 0.6) is 5.75 Å². The second-order valence-corrected chi connectivity index (χ2v) is 5.47. The van der Waals surface area contributed by atoms with Gasteiger partial charge in [-0.1, -0.05) is 11.6 Å². The third-order valence-electron chi connectivity index (χ3n) is 3.59. The van der Waals surface area contributed by atoms with Crippen LogP contribution in [-0.4, -0.2) is 20.2 Å². The van der Waals surface area contributed by atoms with Gasteiger partial charge in [-0.05, 0) is 56.0 Å². The van der Waals surface area contributed by atoms with Gasteiger partial charge in [-0.3, -0.25) is 0 Å². The molecule has 20 heavy (non-hydrogen) atoms. The topological polar surface area (TPSA) is 21.3 Å². The fourth-order valence-corrected chi connectivity index (χ4v) is 2.86. The number of nitrogens with one attached hydrogen (secondary N) is 1. The predicted octanol–water partition coefficient (Wildman–Crippen LogP) is 3.91. The Morgan fingerprint density at radius 2 is 2.15 bits per heavy atom. The van der Waals surface area contributed by atoms with Gasteiger partial charge in [-0.2, -0.15) is 13.2 Å². The van der Waals surface area contributed by atoms with Crippen molar-refractivity contribution in [3.05, 3.63) is 28.3 Å². The lowest BCUT2D eigenvalue weighted by atomic mass is 9.90. The molecular formula is C14H17ClF3NO. The molecule has 0 saturated carbocycles. The first-order chi connectivity index (χ1) is 9.41. The van der Waals surface area contributed by atoms with Crippen molar-refractivity contribution >= 4 is 11.6 Å². The minimum Gasteiger partial charge on any atom is -0.495 e. The fraction of sp³-hybridized carbons (Fsp3) is 0.571. The summed E-state index contributed by atoms with van der Waals surface area (Å²) >= 11 is 5.96. The van der Waals surface area contributed by atoms with Crippen LogP contribution in [0.15, 0.2) is 12.1 Å². The number of hydrogen-bond donors (Lipinski definition) is 1. The second kappa shape index (κ2) is 6.22. The molecule has 1 atom stereocenters. The Kier molecular flexibility index (Phi) is 4.81. The van der Waals surface area contributed by atoms with Crippen LogP contribution in [0.1, 0.15) is 24.0 Å². The first-order valence-corrected chi connectivity index (χ1v) is 6.94. The van der Waals surface area contributed by atoms with Gasteiger partial charge >= 0.3 is 6.18 Å². The van der Waals surface area contributed by atoms with E-state index in [2.05, 4.69) is 5.32 Å². The Morgan fingerprint density at radius 3 is 2.70 bits per heavy atom. The molecule has 1 saturated heterocycles. The molecule has 1 heterocycles. The highest BCUT2D eigenvalue weighted by Crippen LogP contribution is 2.39. The number of hydrogen-bond acceptors (Lipinski definition) is 2. The first kappa shape index (κ1) is 15.4. The van der Waals surface area contributed by atoms with E-state index in [-0.39, 0.29) is 22.3 Å². The highest BCUT2D eigenvalue weighted by Gasteiger charge is 2.35. The molecule has 6 heteroatoms. The van der Waals surface area contributed by atoms with E-state index in [9.17, 15) is 13.2 Å². The van der Waals surface area contributed by atoms with Crippen molar-refractivity contribution in [2.45, 2.75) is 25.4 Å². The molecular weight excluding hydrogens is 291 g/mol. The van der Waals surface area contributed by atoms with Crippen LogP contribution < -0.4 is 10.1 Å². The molecule has 0 bridgehead atoms. The van der Waals surface area contributed by atoms with Crippen LogP contribution in [0.4, 0.5) is 13.2 Å². The molecule has 1 fully saturated rings. The first-order valence-electron chi connectivity index (χ1n) is 6.56. The van der Waals surface area contributed by atoms with E-state index >= 15 is 0 Å². The number of halogens is 4. The molecule has 0 aromatic heterocycles. The molecule has 1 aliphatic heterocycles. The van der Waals surface area contributed by atoms with Gasteiger partial charge in [0, 0.05) is 0 Å². The lowest BCUT2D eigenvalue weighted by Gasteiger charge is -2.24. The van der Waals surface area contributed by atoms with Crippen molar-refractivity contribution in [2.75, 3.05) is 20.2 Å². The number of benzene rings is 1. The van der Waals surface area contributed by atoms with Crippen molar-refractivity contribution in [1.29, 1.82) is 0 Å². The maximum atomic E-state index is 13.1. The third-order valence-corrected chi connectivity index (χ3v) is 3.89.